The number of nitrogens with zero attached hydrogens (tertiary/aromatic N) is 1. The van der Waals surface area contributed by atoms with Gasteiger partial charge in [-0.25, -0.2) is 0 Å². The molecule has 1 heterocycles. The molecule has 0 aromatic carbocycles. The molecule has 2 saturated carbocycles. The maximum Gasteiger partial charge on any atom is 0.271 e. The number of hydrogen-bond acceptors (Lipinski definition) is 3. The van der Waals surface area contributed by atoms with Gasteiger partial charge in [0.2, 0.25) is 5.91 Å². The van der Waals surface area contributed by atoms with E-state index in [9.17, 15) is 9.59 Å². The lowest BCUT2D eigenvalue weighted by atomic mass is 9.83. The third kappa shape index (κ3) is 2.20. The van der Waals surface area contributed by atoms with Crippen molar-refractivity contribution in [1.29, 1.82) is 0 Å². The lowest BCUT2D eigenvalue weighted by Gasteiger charge is -2.24. The molecule has 2 fully saturated rings. The second kappa shape index (κ2) is 4.64. The summed E-state index contributed by atoms with van der Waals surface area (Å²) in [7, 11) is 0. The van der Waals surface area contributed by atoms with Gasteiger partial charge in [-0.15, -0.1) is 0 Å². The molecule has 0 radical (unpaired) electrons. The van der Waals surface area contributed by atoms with E-state index in [4.69, 9.17) is 0 Å². The normalized spacial score (nSPS) is 28.1. The Balaban J connectivity index is 1.58. The van der Waals surface area contributed by atoms with Gasteiger partial charge in [-0.3, -0.25) is 25.4 Å². The Hall–Kier alpha value is -1.91. The lowest BCUT2D eigenvalue weighted by Crippen LogP contribution is -2.48. The standard InChI is InChI=1S/C14H17N3O2/c18-12(11-2-1-7-15-9-11)16-17-13(19)14-5-3-10(8-14)4-6-14/h1-2,7,9-10H,3-6,8H2,(H,16,18)(H,17,19). The van der Waals surface area contributed by atoms with Crippen molar-refractivity contribution < 1.29 is 9.59 Å². The van der Waals surface area contributed by atoms with Gasteiger partial charge < -0.3 is 0 Å². The molecule has 1 aromatic heterocycles. The number of hydrazine groups is 1. The minimum absolute atomic E-state index is 0.0373. The van der Waals surface area contributed by atoms with E-state index in [-0.39, 0.29) is 17.2 Å². The molecule has 0 spiro atoms. The van der Waals surface area contributed by atoms with Crippen LogP contribution in [-0.2, 0) is 4.79 Å². The summed E-state index contributed by atoms with van der Waals surface area (Å²) in [6, 6.07) is 3.35. The highest BCUT2D eigenvalue weighted by Gasteiger charge is 2.50. The average Bonchev–Trinajstić information content (AvgIpc) is 3.07. The molecule has 5 nitrogen and oxygen atoms in total. The summed E-state index contributed by atoms with van der Waals surface area (Å²) in [4.78, 5) is 27.9. The van der Waals surface area contributed by atoms with Gasteiger partial charge in [0.15, 0.2) is 0 Å². The van der Waals surface area contributed by atoms with Crippen molar-refractivity contribution >= 4 is 11.8 Å². The molecule has 2 aliphatic carbocycles. The van der Waals surface area contributed by atoms with E-state index < -0.39 is 0 Å². The van der Waals surface area contributed by atoms with Gasteiger partial charge in [0.1, 0.15) is 0 Å². The Morgan fingerprint density at radius 2 is 2.05 bits per heavy atom. The van der Waals surface area contributed by atoms with Crippen molar-refractivity contribution in [3.8, 4) is 0 Å². The summed E-state index contributed by atoms with van der Waals surface area (Å²) in [6.07, 6.45) is 8.24. The van der Waals surface area contributed by atoms with E-state index in [1.807, 2.05) is 0 Å². The Bertz CT molecular complexity index is 493. The number of amides is 2. The second-order valence-electron chi connectivity index (χ2n) is 5.58. The first-order valence-electron chi connectivity index (χ1n) is 6.70. The summed E-state index contributed by atoms with van der Waals surface area (Å²) in [5.74, 6) is 0.343. The number of fused-ring (bicyclic) bond motifs is 2. The maximum atomic E-state index is 12.2. The number of pyridine rings is 1. The van der Waals surface area contributed by atoms with Crippen LogP contribution in [0.15, 0.2) is 24.5 Å². The molecule has 0 atom stereocenters. The summed E-state index contributed by atoms with van der Waals surface area (Å²) in [5, 5.41) is 0. The molecule has 0 saturated heterocycles. The number of hydrogen-bond donors (Lipinski definition) is 2. The van der Waals surface area contributed by atoms with Crippen LogP contribution in [0.1, 0.15) is 42.5 Å². The number of rotatable bonds is 2. The van der Waals surface area contributed by atoms with Crippen LogP contribution in [0.2, 0.25) is 0 Å². The predicted molar refractivity (Wildman–Crippen MR) is 68.9 cm³/mol. The van der Waals surface area contributed by atoms with Crippen molar-refractivity contribution in [2.45, 2.75) is 32.1 Å². The van der Waals surface area contributed by atoms with Gasteiger partial charge >= 0.3 is 0 Å². The quantitative estimate of drug-likeness (QED) is 0.789. The van der Waals surface area contributed by atoms with Crippen molar-refractivity contribution in [3.05, 3.63) is 30.1 Å². The molecule has 19 heavy (non-hydrogen) atoms. The van der Waals surface area contributed by atoms with Gasteiger partial charge in [0.25, 0.3) is 5.91 Å². The molecule has 2 bridgehead atoms. The monoisotopic (exact) mass is 259 g/mol. The smallest absolute Gasteiger partial charge is 0.271 e. The number of nitrogens with one attached hydrogen (secondary N) is 2. The molecule has 1 aromatic rings. The van der Waals surface area contributed by atoms with E-state index in [1.165, 1.54) is 6.20 Å². The Morgan fingerprint density at radius 1 is 1.26 bits per heavy atom. The molecule has 0 aliphatic heterocycles. The van der Waals surface area contributed by atoms with Crippen LogP contribution >= 0.6 is 0 Å². The van der Waals surface area contributed by atoms with Crippen LogP contribution in [0.25, 0.3) is 0 Å². The third-order valence-electron chi connectivity index (χ3n) is 4.44. The molecule has 2 aliphatic rings. The number of aromatic nitrogens is 1. The van der Waals surface area contributed by atoms with Crippen LogP contribution in [0.3, 0.4) is 0 Å². The average molecular weight is 259 g/mol. The predicted octanol–water partition coefficient (Wildman–Crippen LogP) is 1.42. The second-order valence-corrected chi connectivity index (χ2v) is 5.58. The highest BCUT2D eigenvalue weighted by molar-refractivity contribution is 5.95. The van der Waals surface area contributed by atoms with Gasteiger partial charge in [0.05, 0.1) is 11.0 Å². The van der Waals surface area contributed by atoms with Crippen LogP contribution in [0, 0.1) is 11.3 Å². The first-order chi connectivity index (χ1) is 9.20. The zero-order chi connectivity index (χ0) is 13.3. The largest absolute Gasteiger partial charge is 0.273 e. The summed E-state index contributed by atoms with van der Waals surface area (Å²) < 4.78 is 0. The van der Waals surface area contributed by atoms with Gasteiger partial charge in [-0.1, -0.05) is 0 Å². The SMILES string of the molecule is O=C(NNC(=O)C12CCC(CC1)C2)c1cccnc1. The first kappa shape index (κ1) is 12.1. The van der Waals surface area contributed by atoms with Crippen molar-refractivity contribution in [3.63, 3.8) is 0 Å². The third-order valence-corrected chi connectivity index (χ3v) is 4.44. The molecule has 0 unspecified atom stereocenters. The maximum absolute atomic E-state index is 12.2. The van der Waals surface area contributed by atoms with Gasteiger partial charge in [-0.2, -0.15) is 0 Å². The van der Waals surface area contributed by atoms with Gasteiger partial charge in [0, 0.05) is 12.4 Å². The van der Waals surface area contributed by atoms with E-state index in [0.717, 1.165) is 32.1 Å². The molecule has 100 valence electrons. The van der Waals surface area contributed by atoms with Crippen LogP contribution in [0.5, 0.6) is 0 Å². The molecule has 2 amide bonds. The van der Waals surface area contributed by atoms with E-state index in [1.54, 1.807) is 18.3 Å². The fourth-order valence-corrected chi connectivity index (χ4v) is 3.33. The Labute approximate surface area is 111 Å². The van der Waals surface area contributed by atoms with E-state index >= 15 is 0 Å². The Kier molecular flexibility index (Phi) is 2.97. The number of carbonyl (C=O) groups excluding carboxylic acids is 2. The fourth-order valence-electron chi connectivity index (χ4n) is 3.33. The first-order valence-corrected chi connectivity index (χ1v) is 6.70. The van der Waals surface area contributed by atoms with Crippen LogP contribution < -0.4 is 10.9 Å². The minimum atomic E-state index is -0.328. The molecule has 3 rings (SSSR count). The molecule has 5 heteroatoms. The van der Waals surface area contributed by atoms with Crippen molar-refractivity contribution in [2.75, 3.05) is 0 Å². The van der Waals surface area contributed by atoms with Crippen molar-refractivity contribution in [1.82, 2.24) is 15.8 Å². The lowest BCUT2D eigenvalue weighted by molar-refractivity contribution is -0.131. The summed E-state index contributed by atoms with van der Waals surface area (Å²) in [5.41, 5.74) is 5.26. The summed E-state index contributed by atoms with van der Waals surface area (Å²) in [6.45, 7) is 0. The van der Waals surface area contributed by atoms with Crippen LogP contribution in [-0.4, -0.2) is 16.8 Å². The van der Waals surface area contributed by atoms with E-state index in [0.29, 0.717) is 11.5 Å². The number of carbonyl (C=O) groups is 2. The van der Waals surface area contributed by atoms with Crippen molar-refractivity contribution in [2.24, 2.45) is 11.3 Å². The molecular formula is C14H17N3O2. The molecule has 2 N–H and O–H groups in total. The molecular weight excluding hydrogens is 242 g/mol. The zero-order valence-corrected chi connectivity index (χ0v) is 10.7. The topological polar surface area (TPSA) is 71.1 Å². The van der Waals surface area contributed by atoms with Crippen LogP contribution in [0.4, 0.5) is 0 Å². The van der Waals surface area contributed by atoms with Gasteiger partial charge in [-0.05, 0) is 50.2 Å². The Morgan fingerprint density at radius 3 is 2.63 bits per heavy atom. The van der Waals surface area contributed by atoms with E-state index in [2.05, 4.69) is 15.8 Å². The fraction of sp³-hybridized carbons (Fsp3) is 0.500. The highest BCUT2D eigenvalue weighted by atomic mass is 16.2. The highest BCUT2D eigenvalue weighted by Crippen LogP contribution is 2.54. The minimum Gasteiger partial charge on any atom is -0.273 e. The summed E-state index contributed by atoms with van der Waals surface area (Å²) >= 11 is 0. The zero-order valence-electron chi connectivity index (χ0n) is 10.7.